The summed E-state index contributed by atoms with van der Waals surface area (Å²) in [5, 5.41) is 4.02. The van der Waals surface area contributed by atoms with E-state index >= 15 is 0 Å². The third-order valence-corrected chi connectivity index (χ3v) is 6.65. The predicted octanol–water partition coefficient (Wildman–Crippen LogP) is 2.87. The standard InChI is InChI=1S/C22H31N5O2/c1-15-20(16(2)29-25-15)19-13-23-12-18(24-19)11-17-5-8-27(14-17)21(28)22(3)6-9-26(4)10-7-22/h12-13,17H,5-11,14H2,1-4H3/t17-/m0/s1. The van der Waals surface area contributed by atoms with Crippen molar-refractivity contribution in [2.45, 2.75) is 46.5 Å². The van der Waals surface area contributed by atoms with Crippen LogP contribution in [0, 0.1) is 25.2 Å². The van der Waals surface area contributed by atoms with Crippen LogP contribution >= 0.6 is 0 Å². The number of carbonyl (C=O) groups is 1. The molecular formula is C22H31N5O2. The van der Waals surface area contributed by atoms with Crippen molar-refractivity contribution in [3.63, 3.8) is 0 Å². The highest BCUT2D eigenvalue weighted by Gasteiger charge is 2.40. The first-order valence-corrected chi connectivity index (χ1v) is 10.6. The molecular weight excluding hydrogens is 366 g/mol. The summed E-state index contributed by atoms with van der Waals surface area (Å²) in [7, 11) is 2.13. The number of hydrogen-bond acceptors (Lipinski definition) is 6. The molecule has 2 aliphatic heterocycles. The molecule has 2 aliphatic rings. The van der Waals surface area contributed by atoms with E-state index in [2.05, 4.69) is 33.9 Å². The molecule has 0 bridgehead atoms. The van der Waals surface area contributed by atoms with Gasteiger partial charge in [0.05, 0.1) is 28.8 Å². The first-order valence-electron chi connectivity index (χ1n) is 10.6. The number of aromatic nitrogens is 3. The lowest BCUT2D eigenvalue weighted by atomic mass is 9.79. The molecule has 2 saturated heterocycles. The van der Waals surface area contributed by atoms with Gasteiger partial charge in [-0.3, -0.25) is 9.78 Å². The van der Waals surface area contributed by atoms with E-state index in [1.165, 1.54) is 0 Å². The summed E-state index contributed by atoms with van der Waals surface area (Å²) in [6.45, 7) is 9.65. The van der Waals surface area contributed by atoms with E-state index in [-0.39, 0.29) is 5.41 Å². The van der Waals surface area contributed by atoms with Gasteiger partial charge in [0.1, 0.15) is 5.76 Å². The Balaban J connectivity index is 1.41. The minimum atomic E-state index is -0.204. The van der Waals surface area contributed by atoms with E-state index in [0.717, 1.165) is 80.3 Å². The maximum absolute atomic E-state index is 13.2. The van der Waals surface area contributed by atoms with Gasteiger partial charge in [-0.25, -0.2) is 4.98 Å². The largest absolute Gasteiger partial charge is 0.361 e. The Kier molecular flexibility index (Phi) is 5.42. The number of piperidine rings is 1. The van der Waals surface area contributed by atoms with E-state index in [1.54, 1.807) is 6.20 Å². The van der Waals surface area contributed by atoms with Crippen molar-refractivity contribution in [1.29, 1.82) is 0 Å². The van der Waals surface area contributed by atoms with Gasteiger partial charge in [0.15, 0.2) is 0 Å². The maximum atomic E-state index is 13.2. The zero-order valence-corrected chi connectivity index (χ0v) is 17.9. The Labute approximate surface area is 172 Å². The van der Waals surface area contributed by atoms with Crippen LogP contribution in [0.15, 0.2) is 16.9 Å². The summed E-state index contributed by atoms with van der Waals surface area (Å²) >= 11 is 0. The van der Waals surface area contributed by atoms with Gasteiger partial charge < -0.3 is 14.3 Å². The van der Waals surface area contributed by atoms with Crippen LogP contribution in [0.4, 0.5) is 0 Å². The van der Waals surface area contributed by atoms with Crippen molar-refractivity contribution in [3.05, 3.63) is 29.5 Å². The molecule has 0 radical (unpaired) electrons. The highest BCUT2D eigenvalue weighted by molar-refractivity contribution is 5.82. The lowest BCUT2D eigenvalue weighted by molar-refractivity contribution is -0.142. The van der Waals surface area contributed by atoms with Crippen LogP contribution < -0.4 is 0 Å². The van der Waals surface area contributed by atoms with E-state index in [1.807, 2.05) is 20.0 Å². The van der Waals surface area contributed by atoms with Crippen LogP contribution in [0.3, 0.4) is 0 Å². The second kappa shape index (κ2) is 7.86. The van der Waals surface area contributed by atoms with Crippen LogP contribution in [-0.2, 0) is 11.2 Å². The number of hydrogen-bond donors (Lipinski definition) is 0. The summed E-state index contributed by atoms with van der Waals surface area (Å²) in [6.07, 6.45) is 7.38. The zero-order chi connectivity index (χ0) is 20.6. The van der Waals surface area contributed by atoms with Crippen LogP contribution in [0.1, 0.15) is 43.3 Å². The Morgan fingerprint density at radius 3 is 2.69 bits per heavy atom. The second-order valence-corrected chi connectivity index (χ2v) is 9.07. The Hall–Kier alpha value is -2.28. The predicted molar refractivity (Wildman–Crippen MR) is 110 cm³/mol. The fraction of sp³-hybridized carbons (Fsp3) is 0.636. The molecule has 7 nitrogen and oxygen atoms in total. The summed E-state index contributed by atoms with van der Waals surface area (Å²) in [4.78, 5) is 26.8. The molecule has 0 aromatic carbocycles. The van der Waals surface area contributed by atoms with Crippen LogP contribution in [0.25, 0.3) is 11.3 Å². The van der Waals surface area contributed by atoms with Gasteiger partial charge in [0, 0.05) is 24.7 Å². The number of carbonyl (C=O) groups excluding carboxylic acids is 1. The molecule has 1 atom stereocenters. The highest BCUT2D eigenvalue weighted by Crippen LogP contribution is 2.35. The van der Waals surface area contributed by atoms with Crippen LogP contribution in [0.5, 0.6) is 0 Å². The summed E-state index contributed by atoms with van der Waals surface area (Å²) in [6, 6.07) is 0. The molecule has 4 heterocycles. The van der Waals surface area contributed by atoms with Crippen LogP contribution in [0.2, 0.25) is 0 Å². The van der Waals surface area contributed by atoms with Gasteiger partial charge >= 0.3 is 0 Å². The lowest BCUT2D eigenvalue weighted by Gasteiger charge is -2.39. The number of aryl methyl sites for hydroxylation is 2. The molecule has 2 aromatic rings. The number of rotatable bonds is 4. The minimum Gasteiger partial charge on any atom is -0.361 e. The molecule has 7 heteroatoms. The molecule has 2 aromatic heterocycles. The van der Waals surface area contributed by atoms with Crippen molar-refractivity contribution >= 4 is 5.91 Å². The molecule has 2 fully saturated rings. The molecule has 1 amide bonds. The SMILES string of the molecule is Cc1noc(C)c1-c1cncc(C[C@@H]2CCN(C(=O)C3(C)CCN(C)CC3)C2)n1. The van der Waals surface area contributed by atoms with Crippen molar-refractivity contribution < 1.29 is 9.32 Å². The quantitative estimate of drug-likeness (QED) is 0.790. The normalized spacial score (nSPS) is 22.2. The molecule has 0 N–H and O–H groups in total. The molecule has 0 saturated carbocycles. The van der Waals surface area contributed by atoms with Gasteiger partial charge in [0.2, 0.25) is 5.91 Å². The fourth-order valence-electron chi connectivity index (χ4n) is 4.66. The average molecular weight is 398 g/mol. The van der Waals surface area contributed by atoms with Gasteiger partial charge in [-0.2, -0.15) is 0 Å². The smallest absolute Gasteiger partial charge is 0.228 e. The number of nitrogens with zero attached hydrogens (tertiary/aromatic N) is 5. The summed E-state index contributed by atoms with van der Waals surface area (Å²) < 4.78 is 5.27. The van der Waals surface area contributed by atoms with Gasteiger partial charge in [-0.15, -0.1) is 0 Å². The first-order chi connectivity index (χ1) is 13.9. The average Bonchev–Trinajstić information content (AvgIpc) is 3.30. The van der Waals surface area contributed by atoms with Crippen LogP contribution in [-0.4, -0.2) is 64.1 Å². The van der Waals surface area contributed by atoms with Crippen molar-refractivity contribution in [2.24, 2.45) is 11.3 Å². The second-order valence-electron chi connectivity index (χ2n) is 9.07. The molecule has 0 spiro atoms. The monoisotopic (exact) mass is 397 g/mol. The van der Waals surface area contributed by atoms with Gasteiger partial charge in [0.25, 0.3) is 0 Å². The first kappa shape index (κ1) is 20.0. The van der Waals surface area contributed by atoms with Crippen molar-refractivity contribution in [2.75, 3.05) is 33.2 Å². The topological polar surface area (TPSA) is 75.4 Å². The zero-order valence-electron chi connectivity index (χ0n) is 17.9. The Bertz CT molecular complexity index is 866. The number of amides is 1. The highest BCUT2D eigenvalue weighted by atomic mass is 16.5. The molecule has 156 valence electrons. The number of likely N-dealkylation sites (tertiary alicyclic amines) is 2. The Morgan fingerprint density at radius 2 is 2.00 bits per heavy atom. The van der Waals surface area contributed by atoms with Gasteiger partial charge in [-0.1, -0.05) is 12.1 Å². The maximum Gasteiger partial charge on any atom is 0.228 e. The molecule has 0 aliphatic carbocycles. The van der Waals surface area contributed by atoms with E-state index in [0.29, 0.717) is 11.8 Å². The van der Waals surface area contributed by atoms with E-state index in [4.69, 9.17) is 9.51 Å². The fourth-order valence-corrected chi connectivity index (χ4v) is 4.66. The lowest BCUT2D eigenvalue weighted by Crippen LogP contribution is -2.47. The van der Waals surface area contributed by atoms with E-state index < -0.39 is 0 Å². The van der Waals surface area contributed by atoms with Gasteiger partial charge in [-0.05, 0) is 65.6 Å². The van der Waals surface area contributed by atoms with Crippen molar-refractivity contribution in [1.82, 2.24) is 24.9 Å². The summed E-state index contributed by atoms with van der Waals surface area (Å²) in [5.41, 5.74) is 3.33. The minimum absolute atomic E-state index is 0.204. The molecule has 4 rings (SSSR count). The molecule has 0 unspecified atom stereocenters. The third kappa shape index (κ3) is 4.06. The Morgan fingerprint density at radius 1 is 1.24 bits per heavy atom. The van der Waals surface area contributed by atoms with E-state index in [9.17, 15) is 4.79 Å². The van der Waals surface area contributed by atoms with Crippen molar-refractivity contribution in [3.8, 4) is 11.3 Å². The summed E-state index contributed by atoms with van der Waals surface area (Å²) in [5.74, 6) is 1.53. The molecule has 29 heavy (non-hydrogen) atoms. The third-order valence-electron chi connectivity index (χ3n) is 6.65.